The van der Waals surface area contributed by atoms with Gasteiger partial charge in [0.25, 0.3) is 5.91 Å². The minimum atomic E-state index is -1.08. The molecule has 4 amide bonds. The Balaban J connectivity index is 1.56. The minimum absolute atomic E-state index is 0.158. The number of imide groups is 1. The van der Waals surface area contributed by atoms with Gasteiger partial charge in [-0.1, -0.05) is 12.1 Å². The number of hydrogen-bond donors (Lipinski definition) is 2. The molecule has 0 aromatic heterocycles. The van der Waals surface area contributed by atoms with Crippen LogP contribution in [0.3, 0.4) is 0 Å². The molecule has 1 fully saturated rings. The van der Waals surface area contributed by atoms with Gasteiger partial charge in [0.15, 0.2) is 6.10 Å². The first kappa shape index (κ1) is 17.3. The maximum absolute atomic E-state index is 12.1. The molecule has 0 saturated carbocycles. The van der Waals surface area contributed by atoms with Crippen molar-refractivity contribution in [1.82, 2.24) is 10.2 Å². The lowest BCUT2D eigenvalue weighted by Crippen LogP contribution is -2.42. The van der Waals surface area contributed by atoms with Crippen LogP contribution in [0.1, 0.15) is 13.3 Å². The lowest BCUT2D eigenvalue weighted by Gasteiger charge is -2.24. The number of amides is 4. The number of rotatable bonds is 4. The Bertz CT molecular complexity index is 738. The summed E-state index contributed by atoms with van der Waals surface area (Å²) < 4.78 is 5.11. The fourth-order valence-corrected chi connectivity index (χ4v) is 3.67. The number of para-hydroxylation sites is 1. The Morgan fingerprint density at radius 3 is 2.84 bits per heavy atom. The first-order valence-corrected chi connectivity index (χ1v) is 8.69. The largest absolute Gasteiger partial charge is 0.452 e. The monoisotopic (exact) mass is 363 g/mol. The molecule has 0 radical (unpaired) electrons. The van der Waals surface area contributed by atoms with Gasteiger partial charge in [-0.15, -0.1) is 11.8 Å². The zero-order chi connectivity index (χ0) is 18.0. The quantitative estimate of drug-likeness (QED) is 0.773. The number of carbonyl (C=O) groups is 4. The van der Waals surface area contributed by atoms with Crippen molar-refractivity contribution in [1.29, 1.82) is 0 Å². The van der Waals surface area contributed by atoms with Gasteiger partial charge in [0.2, 0.25) is 5.91 Å². The lowest BCUT2D eigenvalue weighted by molar-refractivity contribution is -0.157. The molecule has 9 heteroatoms. The molecular formula is C16H17N3O5S. The lowest BCUT2D eigenvalue weighted by atomic mass is 10.2. The van der Waals surface area contributed by atoms with E-state index in [1.165, 1.54) is 18.7 Å². The van der Waals surface area contributed by atoms with Crippen LogP contribution in [-0.2, 0) is 19.1 Å². The Morgan fingerprint density at radius 1 is 1.36 bits per heavy atom. The summed E-state index contributed by atoms with van der Waals surface area (Å²) >= 11 is 1.28. The van der Waals surface area contributed by atoms with E-state index in [1.54, 1.807) is 6.07 Å². The summed E-state index contributed by atoms with van der Waals surface area (Å²) in [6.07, 6.45) is -1.24. The highest BCUT2D eigenvalue weighted by Crippen LogP contribution is 2.36. The standard InChI is InChI=1S/C16H17N3O5S/c1-9(15(22)19-7-6-17-16(19)23)24-13(20)8-12-14(21)18-10-4-2-3-5-11(10)25-12/h2-5,9,12H,6-8H2,1H3,(H,17,23)(H,18,21)/t9-,12+/m0/s1. The van der Waals surface area contributed by atoms with Crippen molar-refractivity contribution in [2.24, 2.45) is 0 Å². The fourth-order valence-electron chi connectivity index (χ4n) is 2.58. The zero-order valence-corrected chi connectivity index (χ0v) is 14.3. The molecule has 0 aliphatic carbocycles. The molecule has 1 saturated heterocycles. The van der Waals surface area contributed by atoms with Crippen molar-refractivity contribution < 1.29 is 23.9 Å². The molecule has 2 aliphatic heterocycles. The summed E-state index contributed by atoms with van der Waals surface area (Å²) in [7, 11) is 0. The SMILES string of the molecule is C[C@H](OC(=O)C[C@H]1Sc2ccccc2NC1=O)C(=O)N1CCNC1=O. The molecule has 0 unspecified atom stereocenters. The van der Waals surface area contributed by atoms with E-state index in [0.29, 0.717) is 12.2 Å². The normalized spacial score (nSPS) is 20.4. The van der Waals surface area contributed by atoms with E-state index in [1.807, 2.05) is 18.2 Å². The second kappa shape index (κ2) is 7.14. The predicted octanol–water partition coefficient (Wildman–Crippen LogP) is 0.973. The van der Waals surface area contributed by atoms with Gasteiger partial charge < -0.3 is 15.4 Å². The van der Waals surface area contributed by atoms with Crippen molar-refractivity contribution in [2.75, 3.05) is 18.4 Å². The van der Waals surface area contributed by atoms with Crippen LogP contribution in [0.2, 0.25) is 0 Å². The number of nitrogens with one attached hydrogen (secondary N) is 2. The number of benzene rings is 1. The molecule has 25 heavy (non-hydrogen) atoms. The molecule has 2 atom stereocenters. The van der Waals surface area contributed by atoms with Crippen LogP contribution < -0.4 is 10.6 Å². The Morgan fingerprint density at radius 2 is 2.12 bits per heavy atom. The molecular weight excluding hydrogens is 346 g/mol. The van der Waals surface area contributed by atoms with Crippen LogP contribution in [0, 0.1) is 0 Å². The van der Waals surface area contributed by atoms with E-state index in [9.17, 15) is 19.2 Å². The molecule has 2 heterocycles. The first-order chi connectivity index (χ1) is 12.0. The van der Waals surface area contributed by atoms with Gasteiger partial charge in [0.1, 0.15) is 0 Å². The third-order valence-electron chi connectivity index (χ3n) is 3.84. The number of nitrogens with zero attached hydrogens (tertiary/aromatic N) is 1. The average Bonchev–Trinajstić information content (AvgIpc) is 3.00. The van der Waals surface area contributed by atoms with Crippen molar-refractivity contribution in [2.45, 2.75) is 29.6 Å². The van der Waals surface area contributed by atoms with Crippen LogP contribution in [0.4, 0.5) is 10.5 Å². The number of carbonyl (C=O) groups excluding carboxylic acids is 4. The van der Waals surface area contributed by atoms with Gasteiger partial charge in [0.05, 0.1) is 17.4 Å². The summed E-state index contributed by atoms with van der Waals surface area (Å²) in [6, 6.07) is 6.81. The second-order valence-corrected chi connectivity index (χ2v) is 6.89. The van der Waals surface area contributed by atoms with E-state index in [2.05, 4.69) is 10.6 Å². The van der Waals surface area contributed by atoms with Gasteiger partial charge in [-0.25, -0.2) is 4.79 Å². The van der Waals surface area contributed by atoms with E-state index in [4.69, 9.17) is 4.74 Å². The zero-order valence-electron chi connectivity index (χ0n) is 13.5. The summed E-state index contributed by atoms with van der Waals surface area (Å²) in [5, 5.41) is 4.63. The van der Waals surface area contributed by atoms with Crippen molar-refractivity contribution >= 4 is 41.3 Å². The van der Waals surface area contributed by atoms with Gasteiger partial charge >= 0.3 is 12.0 Å². The van der Waals surface area contributed by atoms with Crippen LogP contribution in [0.15, 0.2) is 29.2 Å². The van der Waals surface area contributed by atoms with Crippen molar-refractivity contribution in [3.63, 3.8) is 0 Å². The number of ether oxygens (including phenoxy) is 1. The molecule has 3 rings (SSSR count). The number of urea groups is 1. The number of hydrogen-bond acceptors (Lipinski definition) is 6. The second-order valence-electron chi connectivity index (χ2n) is 5.65. The van der Waals surface area contributed by atoms with E-state index >= 15 is 0 Å². The molecule has 132 valence electrons. The maximum atomic E-state index is 12.1. The average molecular weight is 363 g/mol. The van der Waals surface area contributed by atoms with Crippen LogP contribution >= 0.6 is 11.8 Å². The van der Waals surface area contributed by atoms with Gasteiger partial charge in [0, 0.05) is 18.0 Å². The van der Waals surface area contributed by atoms with E-state index in [0.717, 1.165) is 9.80 Å². The molecule has 0 spiro atoms. The van der Waals surface area contributed by atoms with Gasteiger partial charge in [-0.3, -0.25) is 19.3 Å². The summed E-state index contributed by atoms with van der Waals surface area (Å²) in [5.74, 6) is -1.51. The summed E-state index contributed by atoms with van der Waals surface area (Å²) in [5.41, 5.74) is 0.714. The molecule has 1 aromatic rings. The van der Waals surface area contributed by atoms with Crippen LogP contribution in [-0.4, -0.2) is 53.2 Å². The third-order valence-corrected chi connectivity index (χ3v) is 5.11. The van der Waals surface area contributed by atoms with E-state index in [-0.39, 0.29) is 18.9 Å². The van der Waals surface area contributed by atoms with Gasteiger partial charge in [-0.05, 0) is 19.1 Å². The predicted molar refractivity (Wildman–Crippen MR) is 90.0 cm³/mol. The number of fused-ring (bicyclic) bond motifs is 1. The number of anilines is 1. The van der Waals surface area contributed by atoms with Crippen molar-refractivity contribution in [3.8, 4) is 0 Å². The maximum Gasteiger partial charge on any atom is 0.324 e. The van der Waals surface area contributed by atoms with Crippen LogP contribution in [0.25, 0.3) is 0 Å². The Labute approximate surface area is 148 Å². The highest BCUT2D eigenvalue weighted by molar-refractivity contribution is 8.01. The minimum Gasteiger partial charge on any atom is -0.452 e. The van der Waals surface area contributed by atoms with Crippen molar-refractivity contribution in [3.05, 3.63) is 24.3 Å². The highest BCUT2D eigenvalue weighted by Gasteiger charge is 2.34. The topological polar surface area (TPSA) is 105 Å². The molecule has 0 bridgehead atoms. The molecule has 1 aromatic carbocycles. The summed E-state index contributed by atoms with van der Waals surface area (Å²) in [6.45, 7) is 2.04. The third kappa shape index (κ3) is 3.76. The Kier molecular flexibility index (Phi) is 4.93. The Hall–Kier alpha value is -2.55. The number of esters is 1. The summed E-state index contributed by atoms with van der Waals surface area (Å²) in [4.78, 5) is 49.7. The first-order valence-electron chi connectivity index (χ1n) is 7.81. The molecule has 8 nitrogen and oxygen atoms in total. The molecule has 2 N–H and O–H groups in total. The van der Waals surface area contributed by atoms with Gasteiger partial charge in [-0.2, -0.15) is 0 Å². The smallest absolute Gasteiger partial charge is 0.324 e. The highest BCUT2D eigenvalue weighted by atomic mass is 32.2. The number of thioether (sulfide) groups is 1. The molecule has 2 aliphatic rings. The fraction of sp³-hybridized carbons (Fsp3) is 0.375. The van der Waals surface area contributed by atoms with Crippen LogP contribution in [0.5, 0.6) is 0 Å². The van der Waals surface area contributed by atoms with E-state index < -0.39 is 29.3 Å².